The van der Waals surface area contributed by atoms with Crippen molar-refractivity contribution >= 4 is 17.2 Å². The number of hydrogen-bond acceptors (Lipinski definition) is 1. The van der Waals surface area contributed by atoms with Crippen LogP contribution in [0, 0.1) is 5.82 Å². The van der Waals surface area contributed by atoms with Crippen molar-refractivity contribution in [3.8, 4) is 0 Å². The van der Waals surface area contributed by atoms with Crippen LogP contribution in [-0.4, -0.2) is 9.38 Å². The molecular weight excluding hydrogens is 167 g/mol. The standard InChI is InChI=1S/C7H4ClFN2/c8-6-4-11-3-1-2-5(9)7(11)10-6/h1-4H. The molecule has 0 spiro atoms. The first-order valence-corrected chi connectivity index (χ1v) is 3.44. The summed E-state index contributed by atoms with van der Waals surface area (Å²) in [6, 6.07) is 2.94. The average molecular weight is 171 g/mol. The lowest BCUT2D eigenvalue weighted by Crippen LogP contribution is -1.84. The highest BCUT2D eigenvalue weighted by atomic mass is 35.5. The van der Waals surface area contributed by atoms with E-state index >= 15 is 0 Å². The average Bonchev–Trinajstić information content (AvgIpc) is 2.31. The summed E-state index contributed by atoms with van der Waals surface area (Å²) in [5.41, 5.74) is 0.262. The number of halogens is 2. The van der Waals surface area contributed by atoms with E-state index in [2.05, 4.69) is 4.98 Å². The van der Waals surface area contributed by atoms with Gasteiger partial charge >= 0.3 is 0 Å². The number of aromatic nitrogens is 2. The summed E-state index contributed by atoms with van der Waals surface area (Å²) >= 11 is 5.56. The monoisotopic (exact) mass is 170 g/mol. The fourth-order valence-electron chi connectivity index (χ4n) is 0.949. The van der Waals surface area contributed by atoms with Crippen LogP contribution in [-0.2, 0) is 0 Å². The van der Waals surface area contributed by atoms with Crippen molar-refractivity contribution in [3.05, 3.63) is 35.5 Å². The van der Waals surface area contributed by atoms with Gasteiger partial charge < -0.3 is 4.40 Å². The molecule has 56 valence electrons. The lowest BCUT2D eigenvalue weighted by Gasteiger charge is -1.90. The third kappa shape index (κ3) is 0.973. The zero-order valence-corrected chi connectivity index (χ0v) is 6.22. The van der Waals surface area contributed by atoms with Crippen LogP contribution in [0.1, 0.15) is 0 Å². The fraction of sp³-hybridized carbons (Fsp3) is 0. The second-order valence-corrected chi connectivity index (χ2v) is 2.54. The van der Waals surface area contributed by atoms with Gasteiger partial charge in [-0.05, 0) is 12.1 Å². The van der Waals surface area contributed by atoms with E-state index < -0.39 is 0 Å². The minimum Gasteiger partial charge on any atom is -0.303 e. The molecule has 0 aliphatic carbocycles. The first-order chi connectivity index (χ1) is 5.27. The van der Waals surface area contributed by atoms with Crippen LogP contribution in [0.4, 0.5) is 4.39 Å². The molecule has 0 aliphatic rings. The van der Waals surface area contributed by atoms with Crippen LogP contribution < -0.4 is 0 Å². The van der Waals surface area contributed by atoms with Gasteiger partial charge in [0, 0.05) is 12.4 Å². The molecular formula is C7H4ClFN2. The molecule has 0 atom stereocenters. The van der Waals surface area contributed by atoms with Crippen LogP contribution in [0.25, 0.3) is 5.65 Å². The quantitative estimate of drug-likeness (QED) is 0.592. The van der Waals surface area contributed by atoms with E-state index in [1.165, 1.54) is 10.5 Å². The molecule has 2 heterocycles. The number of rotatable bonds is 0. The molecule has 2 aromatic rings. The number of hydrogen-bond donors (Lipinski definition) is 0. The summed E-state index contributed by atoms with van der Waals surface area (Å²) in [6.45, 7) is 0. The summed E-state index contributed by atoms with van der Waals surface area (Å²) < 4.78 is 14.4. The summed E-state index contributed by atoms with van der Waals surface area (Å²) in [6.07, 6.45) is 3.25. The molecule has 0 saturated carbocycles. The van der Waals surface area contributed by atoms with Gasteiger partial charge in [-0.15, -0.1) is 0 Å². The Hall–Kier alpha value is -1.09. The SMILES string of the molecule is Fc1cccn2cc(Cl)nc12. The Morgan fingerprint density at radius 2 is 2.36 bits per heavy atom. The van der Waals surface area contributed by atoms with Crippen LogP contribution in [0.5, 0.6) is 0 Å². The second kappa shape index (κ2) is 2.20. The maximum atomic E-state index is 12.9. The highest BCUT2D eigenvalue weighted by Crippen LogP contribution is 2.11. The molecule has 4 heteroatoms. The summed E-state index contributed by atoms with van der Waals surface area (Å²) in [7, 11) is 0. The molecule has 0 unspecified atom stereocenters. The van der Waals surface area contributed by atoms with Crippen molar-refractivity contribution < 1.29 is 4.39 Å². The Balaban J connectivity index is 2.90. The Bertz CT molecular complexity index is 396. The van der Waals surface area contributed by atoms with E-state index in [4.69, 9.17) is 11.6 Å². The van der Waals surface area contributed by atoms with Crippen molar-refractivity contribution in [2.75, 3.05) is 0 Å². The van der Waals surface area contributed by atoms with Crippen molar-refractivity contribution in [2.45, 2.75) is 0 Å². The van der Waals surface area contributed by atoms with Gasteiger partial charge in [-0.2, -0.15) is 0 Å². The molecule has 0 saturated heterocycles. The molecule has 0 fully saturated rings. The smallest absolute Gasteiger partial charge is 0.174 e. The van der Waals surface area contributed by atoms with Crippen LogP contribution in [0.3, 0.4) is 0 Å². The van der Waals surface area contributed by atoms with Gasteiger partial charge in [0.1, 0.15) is 5.15 Å². The minimum atomic E-state index is -0.362. The Morgan fingerprint density at radius 1 is 1.55 bits per heavy atom. The third-order valence-electron chi connectivity index (χ3n) is 1.41. The maximum Gasteiger partial charge on any atom is 0.174 e. The van der Waals surface area contributed by atoms with E-state index in [-0.39, 0.29) is 11.5 Å². The molecule has 2 rings (SSSR count). The topological polar surface area (TPSA) is 17.3 Å². The van der Waals surface area contributed by atoms with Crippen LogP contribution in [0.15, 0.2) is 24.5 Å². The summed E-state index contributed by atoms with van der Waals surface area (Å²) in [5.74, 6) is -0.362. The number of nitrogens with zero attached hydrogens (tertiary/aromatic N) is 2. The van der Waals surface area contributed by atoms with Crippen molar-refractivity contribution in [2.24, 2.45) is 0 Å². The molecule has 0 aromatic carbocycles. The summed E-state index contributed by atoms with van der Waals surface area (Å²) in [4.78, 5) is 3.77. The van der Waals surface area contributed by atoms with Gasteiger partial charge in [-0.3, -0.25) is 0 Å². The highest BCUT2D eigenvalue weighted by molar-refractivity contribution is 6.29. The van der Waals surface area contributed by atoms with Gasteiger partial charge in [-0.25, -0.2) is 9.37 Å². The first kappa shape index (κ1) is 6.61. The number of imidazole rings is 1. The molecule has 2 nitrogen and oxygen atoms in total. The fourth-order valence-corrected chi connectivity index (χ4v) is 1.13. The van der Waals surface area contributed by atoms with E-state index in [1.807, 2.05) is 0 Å². The largest absolute Gasteiger partial charge is 0.303 e. The molecule has 0 N–H and O–H groups in total. The van der Waals surface area contributed by atoms with E-state index in [1.54, 1.807) is 18.5 Å². The predicted molar refractivity (Wildman–Crippen MR) is 40.2 cm³/mol. The lowest BCUT2D eigenvalue weighted by atomic mass is 10.4. The lowest BCUT2D eigenvalue weighted by molar-refractivity contribution is 0.630. The Labute approximate surface area is 67.2 Å². The van der Waals surface area contributed by atoms with Crippen LogP contribution in [0.2, 0.25) is 5.15 Å². The highest BCUT2D eigenvalue weighted by Gasteiger charge is 2.02. The first-order valence-electron chi connectivity index (χ1n) is 3.06. The third-order valence-corrected chi connectivity index (χ3v) is 1.59. The van der Waals surface area contributed by atoms with E-state index in [0.29, 0.717) is 5.15 Å². The van der Waals surface area contributed by atoms with Crippen molar-refractivity contribution in [1.29, 1.82) is 0 Å². The number of pyridine rings is 1. The van der Waals surface area contributed by atoms with Gasteiger partial charge in [0.2, 0.25) is 0 Å². The minimum absolute atomic E-state index is 0.262. The molecule has 2 aromatic heterocycles. The molecule has 11 heavy (non-hydrogen) atoms. The van der Waals surface area contributed by atoms with E-state index in [0.717, 1.165) is 0 Å². The zero-order valence-electron chi connectivity index (χ0n) is 5.46. The molecule has 0 bridgehead atoms. The molecule has 0 amide bonds. The predicted octanol–water partition coefficient (Wildman–Crippen LogP) is 2.13. The van der Waals surface area contributed by atoms with Gasteiger partial charge in [0.15, 0.2) is 11.5 Å². The zero-order chi connectivity index (χ0) is 7.84. The molecule has 0 aliphatic heterocycles. The van der Waals surface area contributed by atoms with Gasteiger partial charge in [0.05, 0.1) is 0 Å². The summed E-state index contributed by atoms with van der Waals surface area (Å²) in [5, 5.41) is 0.301. The normalized spacial score (nSPS) is 10.7. The van der Waals surface area contributed by atoms with Crippen LogP contribution >= 0.6 is 11.6 Å². The molecule has 0 radical (unpaired) electrons. The Morgan fingerprint density at radius 3 is 3.09 bits per heavy atom. The maximum absolute atomic E-state index is 12.9. The Kier molecular flexibility index (Phi) is 1.32. The van der Waals surface area contributed by atoms with Crippen molar-refractivity contribution in [3.63, 3.8) is 0 Å². The van der Waals surface area contributed by atoms with E-state index in [9.17, 15) is 4.39 Å². The van der Waals surface area contributed by atoms with Gasteiger partial charge in [0.25, 0.3) is 0 Å². The van der Waals surface area contributed by atoms with Gasteiger partial charge in [-0.1, -0.05) is 11.6 Å². The second-order valence-electron chi connectivity index (χ2n) is 2.15. The van der Waals surface area contributed by atoms with Crippen molar-refractivity contribution in [1.82, 2.24) is 9.38 Å². The number of fused-ring (bicyclic) bond motifs is 1.